The highest BCUT2D eigenvalue weighted by Gasteiger charge is 2.50. The fourth-order valence-corrected chi connectivity index (χ4v) is 6.68. The van der Waals surface area contributed by atoms with Gasteiger partial charge in [0, 0.05) is 12.3 Å². The Hall–Kier alpha value is -0.696. The van der Waals surface area contributed by atoms with Gasteiger partial charge in [0.2, 0.25) is 0 Å². The Labute approximate surface area is 206 Å². The van der Waals surface area contributed by atoms with Gasteiger partial charge in [0.25, 0.3) is 0 Å². The van der Waals surface area contributed by atoms with E-state index in [1.54, 1.807) is 0 Å². The number of hydrogen-bond acceptors (Lipinski definition) is 4. The molecular formula is C27H52O4Si2. The quantitative estimate of drug-likeness (QED) is 0.126. The highest BCUT2D eigenvalue weighted by Crippen LogP contribution is 2.47. The summed E-state index contributed by atoms with van der Waals surface area (Å²) >= 11 is 0. The summed E-state index contributed by atoms with van der Waals surface area (Å²) in [5, 5.41) is 0.343. The van der Waals surface area contributed by atoms with Crippen LogP contribution in [0.2, 0.25) is 36.3 Å². The molecule has 6 heteroatoms. The van der Waals surface area contributed by atoms with Crippen molar-refractivity contribution in [2.75, 3.05) is 7.11 Å². The zero-order valence-corrected chi connectivity index (χ0v) is 25.4. The Kier molecular flexibility index (Phi) is 10.9. The molecule has 4 nitrogen and oxygen atoms in total. The number of rotatable bonds is 11. The van der Waals surface area contributed by atoms with Gasteiger partial charge in [0.05, 0.1) is 19.3 Å². The lowest BCUT2D eigenvalue weighted by Gasteiger charge is -2.40. The normalized spacial score (nSPS) is 24.9. The molecule has 0 radical (unpaired) electrons. The van der Waals surface area contributed by atoms with E-state index in [0.717, 1.165) is 25.7 Å². The van der Waals surface area contributed by atoms with E-state index in [1.807, 2.05) is 0 Å². The molecule has 0 aromatic heterocycles. The van der Waals surface area contributed by atoms with E-state index in [1.165, 1.54) is 7.11 Å². The first-order valence-electron chi connectivity index (χ1n) is 12.7. The van der Waals surface area contributed by atoms with Crippen molar-refractivity contribution >= 4 is 22.6 Å². The molecule has 1 fully saturated rings. The van der Waals surface area contributed by atoms with Crippen molar-refractivity contribution in [3.63, 3.8) is 0 Å². The molecule has 0 N–H and O–H groups in total. The van der Waals surface area contributed by atoms with Gasteiger partial charge in [-0.25, -0.2) is 0 Å². The molecule has 1 aliphatic carbocycles. The van der Waals surface area contributed by atoms with Crippen LogP contribution in [0.4, 0.5) is 0 Å². The molecule has 33 heavy (non-hydrogen) atoms. The largest absolute Gasteiger partial charge is 0.469 e. The molecule has 2 unspecified atom stereocenters. The Morgan fingerprint density at radius 2 is 1.45 bits per heavy atom. The molecule has 1 aliphatic rings. The lowest BCUT2D eigenvalue weighted by Crippen LogP contribution is -2.45. The molecule has 4 atom stereocenters. The minimum atomic E-state index is -1.91. The fourth-order valence-electron chi connectivity index (χ4n) is 3.93. The summed E-state index contributed by atoms with van der Waals surface area (Å²) in [6, 6.07) is 0. The monoisotopic (exact) mass is 496 g/mol. The van der Waals surface area contributed by atoms with E-state index < -0.39 is 16.6 Å². The van der Waals surface area contributed by atoms with Crippen molar-refractivity contribution in [1.29, 1.82) is 0 Å². The van der Waals surface area contributed by atoms with Crippen LogP contribution in [0.5, 0.6) is 0 Å². The van der Waals surface area contributed by atoms with Gasteiger partial charge in [0.15, 0.2) is 16.6 Å². The Balaban J connectivity index is 3.04. The second-order valence-corrected chi connectivity index (χ2v) is 22.2. The number of esters is 1. The fraction of sp³-hybridized carbons (Fsp3) is 0.815. The molecule has 0 heterocycles. The van der Waals surface area contributed by atoms with Gasteiger partial charge >= 0.3 is 5.97 Å². The van der Waals surface area contributed by atoms with Crippen LogP contribution < -0.4 is 0 Å². The van der Waals surface area contributed by atoms with E-state index in [2.05, 4.69) is 92.5 Å². The summed E-state index contributed by atoms with van der Waals surface area (Å²) in [7, 11) is -2.37. The van der Waals surface area contributed by atoms with E-state index in [4.69, 9.17) is 13.6 Å². The lowest BCUT2D eigenvalue weighted by molar-refractivity contribution is -0.140. The summed E-state index contributed by atoms with van der Waals surface area (Å²) < 4.78 is 18.7. The predicted octanol–water partition coefficient (Wildman–Crippen LogP) is 7.88. The zero-order chi connectivity index (χ0) is 25.7. The highest BCUT2D eigenvalue weighted by molar-refractivity contribution is 6.74. The van der Waals surface area contributed by atoms with Gasteiger partial charge in [-0.15, -0.1) is 6.58 Å². The number of methoxy groups -OCH3 is 1. The summed E-state index contributed by atoms with van der Waals surface area (Å²) in [6.07, 6.45) is 11.0. The standard InChI is InChI=1S/C27H52O4Si2/c1-13-21-22(18-16-14-15-17-19-25(28)29-8)24(31-33(11,12)27(5,6)7)20-23(21)30-32(9,10)26(2,3)4/h13-14,16,21-24H,1,15,17-20H2,2-12H3/b16-14-/t21-,22-,23?,24?/m1/s1. The van der Waals surface area contributed by atoms with E-state index in [9.17, 15) is 4.79 Å². The molecule has 0 saturated heterocycles. The minimum absolute atomic E-state index is 0.139. The maximum atomic E-state index is 11.3. The van der Waals surface area contributed by atoms with Crippen LogP contribution in [0.3, 0.4) is 0 Å². The minimum Gasteiger partial charge on any atom is -0.469 e. The van der Waals surface area contributed by atoms with Gasteiger partial charge in [-0.2, -0.15) is 0 Å². The number of carbonyl (C=O) groups excluding carboxylic acids is 1. The summed E-state index contributed by atoms with van der Waals surface area (Å²) in [6.45, 7) is 27.4. The number of unbranched alkanes of at least 4 members (excludes halogenated alkanes) is 1. The first-order valence-corrected chi connectivity index (χ1v) is 18.5. The van der Waals surface area contributed by atoms with Crippen LogP contribution in [0.25, 0.3) is 0 Å². The van der Waals surface area contributed by atoms with Crippen LogP contribution in [-0.2, 0) is 18.4 Å². The number of ether oxygens (including phenoxy) is 1. The van der Waals surface area contributed by atoms with Crippen LogP contribution in [0.15, 0.2) is 24.8 Å². The molecule has 0 bridgehead atoms. The number of hydrogen-bond donors (Lipinski definition) is 0. The molecule has 0 aromatic carbocycles. The second-order valence-electron chi connectivity index (χ2n) is 12.7. The van der Waals surface area contributed by atoms with Crippen molar-refractivity contribution in [3.8, 4) is 0 Å². The summed E-state index contributed by atoms with van der Waals surface area (Å²) in [4.78, 5) is 11.3. The van der Waals surface area contributed by atoms with Gasteiger partial charge < -0.3 is 13.6 Å². The maximum Gasteiger partial charge on any atom is 0.305 e. The third-order valence-corrected chi connectivity index (χ3v) is 17.2. The van der Waals surface area contributed by atoms with Crippen LogP contribution >= 0.6 is 0 Å². The van der Waals surface area contributed by atoms with Gasteiger partial charge in [0.1, 0.15) is 0 Å². The number of allylic oxidation sites excluding steroid dienone is 2. The van der Waals surface area contributed by atoms with E-state index in [-0.39, 0.29) is 34.2 Å². The molecule has 0 spiro atoms. The highest BCUT2D eigenvalue weighted by atomic mass is 28.4. The van der Waals surface area contributed by atoms with Crippen LogP contribution in [0, 0.1) is 11.8 Å². The van der Waals surface area contributed by atoms with Crippen molar-refractivity contribution in [2.45, 2.75) is 122 Å². The van der Waals surface area contributed by atoms with Crippen LogP contribution in [-0.4, -0.2) is 41.9 Å². The Morgan fingerprint density at radius 3 is 1.91 bits per heavy atom. The third kappa shape index (κ3) is 8.48. The first kappa shape index (κ1) is 30.3. The lowest BCUT2D eigenvalue weighted by atomic mass is 9.90. The molecule has 192 valence electrons. The Morgan fingerprint density at radius 1 is 0.939 bits per heavy atom. The summed E-state index contributed by atoms with van der Waals surface area (Å²) in [5.41, 5.74) is 0. The molecule has 1 rings (SSSR count). The SMILES string of the molecule is C=C[C@H]1C(O[Si](C)(C)C(C)(C)C)CC(O[Si](C)(C)C(C)(C)C)[C@@H]1C/C=C\CCCC(=O)OC. The van der Waals surface area contributed by atoms with E-state index in [0.29, 0.717) is 12.3 Å². The van der Waals surface area contributed by atoms with Crippen molar-refractivity contribution in [1.82, 2.24) is 0 Å². The topological polar surface area (TPSA) is 44.8 Å². The smallest absolute Gasteiger partial charge is 0.305 e. The van der Waals surface area contributed by atoms with Crippen LogP contribution in [0.1, 0.15) is 73.6 Å². The molecule has 0 aromatic rings. The molecule has 0 amide bonds. The van der Waals surface area contributed by atoms with Gasteiger partial charge in [-0.05, 0) is 67.9 Å². The van der Waals surface area contributed by atoms with Crippen molar-refractivity contribution < 1.29 is 18.4 Å². The van der Waals surface area contributed by atoms with Crippen molar-refractivity contribution in [2.24, 2.45) is 11.8 Å². The van der Waals surface area contributed by atoms with Gasteiger partial charge in [-0.1, -0.05) is 59.8 Å². The second kappa shape index (κ2) is 11.8. The maximum absolute atomic E-state index is 11.3. The first-order chi connectivity index (χ1) is 15.0. The predicted molar refractivity (Wildman–Crippen MR) is 146 cm³/mol. The van der Waals surface area contributed by atoms with E-state index >= 15 is 0 Å². The molecule has 0 aliphatic heterocycles. The Bertz CT molecular complexity index is 671. The zero-order valence-electron chi connectivity index (χ0n) is 23.4. The van der Waals surface area contributed by atoms with Crippen molar-refractivity contribution in [3.05, 3.63) is 24.8 Å². The molecule has 1 saturated carbocycles. The average Bonchev–Trinajstić information content (AvgIpc) is 2.96. The molecular weight excluding hydrogens is 444 g/mol. The average molecular weight is 497 g/mol. The van der Waals surface area contributed by atoms with Gasteiger partial charge in [-0.3, -0.25) is 4.79 Å². The third-order valence-electron chi connectivity index (χ3n) is 8.20. The number of carbonyl (C=O) groups is 1. The summed E-state index contributed by atoms with van der Waals surface area (Å²) in [5.74, 6) is 0.510.